The zero-order valence-electron chi connectivity index (χ0n) is 10.3. The molecule has 0 aliphatic heterocycles. The number of carboxylic acid groups (broad SMARTS) is 1. The Kier molecular flexibility index (Phi) is 6.28. The molecule has 1 atom stereocenters. The molecule has 0 aliphatic carbocycles. The molecule has 2 N–H and O–H groups in total. The number of amides is 1. The van der Waals surface area contributed by atoms with Crippen LogP contribution in [-0.2, 0) is 15.3 Å². The Bertz CT molecular complexity index is 394. The number of aliphatic carboxylic acids is 1. The van der Waals surface area contributed by atoms with Crippen LogP contribution in [0.15, 0.2) is 30.3 Å². The summed E-state index contributed by atoms with van der Waals surface area (Å²) >= 11 is 1.47. The van der Waals surface area contributed by atoms with E-state index < -0.39 is 12.0 Å². The molecule has 0 bridgehead atoms. The minimum absolute atomic E-state index is 0.231. The summed E-state index contributed by atoms with van der Waals surface area (Å²) < 4.78 is 0. The van der Waals surface area contributed by atoms with Crippen molar-refractivity contribution in [3.8, 4) is 0 Å². The van der Waals surface area contributed by atoms with E-state index >= 15 is 0 Å². The Morgan fingerprint density at radius 1 is 1.33 bits per heavy atom. The van der Waals surface area contributed by atoms with E-state index in [1.54, 1.807) is 6.92 Å². The van der Waals surface area contributed by atoms with Gasteiger partial charge in [-0.05, 0) is 12.0 Å². The third kappa shape index (κ3) is 5.23. The van der Waals surface area contributed by atoms with E-state index in [9.17, 15) is 9.59 Å². The number of benzene rings is 1. The van der Waals surface area contributed by atoms with Crippen LogP contribution in [0.3, 0.4) is 0 Å². The molecule has 1 unspecified atom stereocenters. The molecule has 1 aromatic carbocycles. The fourth-order valence-electron chi connectivity index (χ4n) is 1.41. The van der Waals surface area contributed by atoms with Crippen LogP contribution in [0.5, 0.6) is 0 Å². The van der Waals surface area contributed by atoms with Gasteiger partial charge in [0.15, 0.2) is 0 Å². The first-order chi connectivity index (χ1) is 8.63. The minimum Gasteiger partial charge on any atom is -0.480 e. The third-order valence-corrected chi connectivity index (χ3v) is 3.39. The van der Waals surface area contributed by atoms with Gasteiger partial charge in [-0.1, -0.05) is 37.3 Å². The first kappa shape index (κ1) is 14.6. The van der Waals surface area contributed by atoms with Crippen molar-refractivity contribution >= 4 is 23.6 Å². The SMILES string of the molecule is CCC(NC(=O)CSCc1ccccc1)C(=O)O. The van der Waals surface area contributed by atoms with Gasteiger partial charge in [0.1, 0.15) is 6.04 Å². The van der Waals surface area contributed by atoms with Gasteiger partial charge in [-0.2, -0.15) is 0 Å². The van der Waals surface area contributed by atoms with E-state index in [0.29, 0.717) is 6.42 Å². The van der Waals surface area contributed by atoms with E-state index in [1.807, 2.05) is 30.3 Å². The van der Waals surface area contributed by atoms with Gasteiger partial charge in [0.25, 0.3) is 0 Å². The Balaban J connectivity index is 2.27. The Morgan fingerprint density at radius 2 is 2.00 bits per heavy atom. The summed E-state index contributed by atoms with van der Waals surface area (Å²) in [6.45, 7) is 1.73. The second-order valence-corrected chi connectivity index (χ2v) is 4.83. The zero-order valence-corrected chi connectivity index (χ0v) is 11.1. The third-order valence-electron chi connectivity index (χ3n) is 2.39. The quantitative estimate of drug-likeness (QED) is 0.792. The van der Waals surface area contributed by atoms with Crippen molar-refractivity contribution < 1.29 is 14.7 Å². The highest BCUT2D eigenvalue weighted by Gasteiger charge is 2.16. The molecule has 0 heterocycles. The number of carbonyl (C=O) groups is 2. The number of nitrogens with one attached hydrogen (secondary N) is 1. The molecule has 0 saturated carbocycles. The fourth-order valence-corrected chi connectivity index (χ4v) is 2.21. The topological polar surface area (TPSA) is 66.4 Å². The molecule has 0 saturated heterocycles. The van der Waals surface area contributed by atoms with Crippen LogP contribution >= 0.6 is 11.8 Å². The highest BCUT2D eigenvalue weighted by Crippen LogP contribution is 2.11. The van der Waals surface area contributed by atoms with Gasteiger partial charge in [-0.25, -0.2) is 4.79 Å². The van der Waals surface area contributed by atoms with Crippen molar-refractivity contribution in [1.29, 1.82) is 0 Å². The molecular weight excluding hydrogens is 250 g/mol. The standard InChI is InChI=1S/C13H17NO3S/c1-2-11(13(16)17)14-12(15)9-18-8-10-6-4-3-5-7-10/h3-7,11H,2,8-9H2,1H3,(H,14,15)(H,16,17). The van der Waals surface area contributed by atoms with Gasteiger partial charge in [0.05, 0.1) is 5.75 Å². The highest BCUT2D eigenvalue weighted by atomic mass is 32.2. The summed E-state index contributed by atoms with van der Waals surface area (Å²) in [6.07, 6.45) is 0.393. The molecule has 98 valence electrons. The first-order valence-corrected chi connectivity index (χ1v) is 6.92. The Hall–Kier alpha value is -1.49. The van der Waals surface area contributed by atoms with E-state index in [2.05, 4.69) is 5.32 Å². The van der Waals surface area contributed by atoms with Crippen LogP contribution in [0.2, 0.25) is 0 Å². The lowest BCUT2D eigenvalue weighted by Gasteiger charge is -2.11. The lowest BCUT2D eigenvalue weighted by molar-refractivity contribution is -0.141. The summed E-state index contributed by atoms with van der Waals surface area (Å²) in [6, 6.07) is 9.06. The lowest BCUT2D eigenvalue weighted by Crippen LogP contribution is -2.41. The van der Waals surface area contributed by atoms with Crippen molar-refractivity contribution in [2.75, 3.05) is 5.75 Å². The molecule has 1 aromatic rings. The normalized spacial score (nSPS) is 11.8. The number of hydrogen-bond donors (Lipinski definition) is 2. The second-order valence-electron chi connectivity index (χ2n) is 3.84. The molecule has 0 fully saturated rings. The summed E-state index contributed by atoms with van der Waals surface area (Å²) in [5.41, 5.74) is 1.15. The van der Waals surface area contributed by atoms with Gasteiger partial charge < -0.3 is 10.4 Å². The summed E-state index contributed by atoms with van der Waals surface area (Å²) in [5.74, 6) is -0.194. The molecule has 1 rings (SSSR count). The fraction of sp³-hybridized carbons (Fsp3) is 0.385. The van der Waals surface area contributed by atoms with Crippen LogP contribution in [0.4, 0.5) is 0 Å². The lowest BCUT2D eigenvalue weighted by atomic mass is 10.2. The van der Waals surface area contributed by atoms with Crippen LogP contribution in [-0.4, -0.2) is 28.8 Å². The largest absolute Gasteiger partial charge is 0.480 e. The van der Waals surface area contributed by atoms with Gasteiger partial charge in [0, 0.05) is 5.75 Å². The van der Waals surface area contributed by atoms with Crippen molar-refractivity contribution in [3.05, 3.63) is 35.9 Å². The Labute approximate surface area is 111 Å². The maximum atomic E-state index is 11.5. The number of hydrogen-bond acceptors (Lipinski definition) is 3. The van der Waals surface area contributed by atoms with Gasteiger partial charge >= 0.3 is 5.97 Å². The number of rotatable bonds is 7. The predicted molar refractivity (Wildman–Crippen MR) is 72.5 cm³/mol. The van der Waals surface area contributed by atoms with Crippen LogP contribution in [0.1, 0.15) is 18.9 Å². The molecule has 4 nitrogen and oxygen atoms in total. The number of thioether (sulfide) groups is 1. The Morgan fingerprint density at radius 3 is 2.56 bits per heavy atom. The number of carbonyl (C=O) groups excluding carboxylic acids is 1. The highest BCUT2D eigenvalue weighted by molar-refractivity contribution is 7.99. The molecule has 5 heteroatoms. The molecule has 0 radical (unpaired) electrons. The van der Waals surface area contributed by atoms with Crippen LogP contribution in [0, 0.1) is 0 Å². The minimum atomic E-state index is -0.987. The molecule has 1 amide bonds. The molecule has 0 aromatic heterocycles. The van der Waals surface area contributed by atoms with E-state index in [4.69, 9.17) is 5.11 Å². The number of carboxylic acids is 1. The van der Waals surface area contributed by atoms with E-state index in [1.165, 1.54) is 11.8 Å². The van der Waals surface area contributed by atoms with Crippen molar-refractivity contribution in [3.63, 3.8) is 0 Å². The van der Waals surface area contributed by atoms with Crippen molar-refractivity contribution in [2.45, 2.75) is 25.1 Å². The maximum absolute atomic E-state index is 11.5. The average molecular weight is 267 g/mol. The van der Waals surface area contributed by atoms with Crippen molar-refractivity contribution in [2.24, 2.45) is 0 Å². The zero-order chi connectivity index (χ0) is 13.4. The van der Waals surface area contributed by atoms with Crippen LogP contribution in [0.25, 0.3) is 0 Å². The molecular formula is C13H17NO3S. The first-order valence-electron chi connectivity index (χ1n) is 5.77. The van der Waals surface area contributed by atoms with Gasteiger partial charge in [0.2, 0.25) is 5.91 Å². The predicted octanol–water partition coefficient (Wildman–Crippen LogP) is 1.90. The monoisotopic (exact) mass is 267 g/mol. The van der Waals surface area contributed by atoms with E-state index in [-0.39, 0.29) is 11.7 Å². The van der Waals surface area contributed by atoms with Crippen LogP contribution < -0.4 is 5.32 Å². The molecule has 0 spiro atoms. The summed E-state index contributed by atoms with van der Waals surface area (Å²) in [7, 11) is 0. The average Bonchev–Trinajstić information content (AvgIpc) is 2.37. The second kappa shape index (κ2) is 7.76. The van der Waals surface area contributed by atoms with E-state index in [0.717, 1.165) is 11.3 Å². The smallest absolute Gasteiger partial charge is 0.326 e. The van der Waals surface area contributed by atoms with Gasteiger partial charge in [-0.15, -0.1) is 11.8 Å². The molecule has 18 heavy (non-hydrogen) atoms. The molecule has 0 aliphatic rings. The summed E-state index contributed by atoms with van der Waals surface area (Å²) in [4.78, 5) is 22.3. The van der Waals surface area contributed by atoms with Gasteiger partial charge in [-0.3, -0.25) is 4.79 Å². The summed E-state index contributed by atoms with van der Waals surface area (Å²) in [5, 5.41) is 11.3. The maximum Gasteiger partial charge on any atom is 0.326 e. The van der Waals surface area contributed by atoms with Crippen molar-refractivity contribution in [1.82, 2.24) is 5.32 Å².